The van der Waals surface area contributed by atoms with Crippen molar-refractivity contribution in [3.8, 4) is 17.2 Å². The van der Waals surface area contributed by atoms with Crippen LogP contribution in [0, 0.1) is 6.92 Å². The first-order valence-corrected chi connectivity index (χ1v) is 6.38. The van der Waals surface area contributed by atoms with Crippen LogP contribution in [0.5, 0.6) is 17.2 Å². The highest BCUT2D eigenvalue weighted by molar-refractivity contribution is 6.08. The molecule has 0 radical (unpaired) electrons. The first-order valence-electron chi connectivity index (χ1n) is 6.38. The molecular formula is C16H17NO4. The van der Waals surface area contributed by atoms with Crippen molar-refractivity contribution in [1.29, 1.82) is 0 Å². The van der Waals surface area contributed by atoms with E-state index in [-0.39, 0.29) is 11.7 Å². The molecule has 0 atom stereocenters. The molecule has 0 aliphatic carbocycles. The van der Waals surface area contributed by atoms with Crippen molar-refractivity contribution in [3.05, 3.63) is 47.5 Å². The Labute approximate surface area is 123 Å². The number of hydrogen-bond donors (Lipinski definition) is 2. The fraction of sp³-hybridized carbons (Fsp3) is 0.188. The molecule has 2 aromatic carbocycles. The number of methoxy groups -OCH3 is 2. The number of phenols is 1. The van der Waals surface area contributed by atoms with Gasteiger partial charge in [0.05, 0.1) is 14.2 Å². The van der Waals surface area contributed by atoms with Crippen molar-refractivity contribution in [2.45, 2.75) is 6.92 Å². The highest BCUT2D eigenvalue weighted by Crippen LogP contribution is 2.29. The van der Waals surface area contributed by atoms with E-state index in [4.69, 9.17) is 9.47 Å². The molecular weight excluding hydrogens is 270 g/mol. The number of carbonyl (C=O) groups excluding carboxylic acids is 1. The van der Waals surface area contributed by atoms with Crippen LogP contribution in [-0.4, -0.2) is 25.2 Å². The minimum absolute atomic E-state index is 0.183. The van der Waals surface area contributed by atoms with Gasteiger partial charge < -0.3 is 19.9 Å². The van der Waals surface area contributed by atoms with Gasteiger partial charge >= 0.3 is 0 Å². The van der Waals surface area contributed by atoms with E-state index in [1.165, 1.54) is 20.3 Å². The molecule has 1 amide bonds. The van der Waals surface area contributed by atoms with Crippen LogP contribution in [0.25, 0.3) is 0 Å². The maximum absolute atomic E-state index is 12.4. The fourth-order valence-corrected chi connectivity index (χ4v) is 2.00. The molecule has 0 bridgehead atoms. The van der Waals surface area contributed by atoms with Gasteiger partial charge in [-0.15, -0.1) is 0 Å². The summed E-state index contributed by atoms with van der Waals surface area (Å²) in [7, 11) is 2.99. The van der Waals surface area contributed by atoms with Gasteiger partial charge in [0.1, 0.15) is 22.8 Å². The van der Waals surface area contributed by atoms with Gasteiger partial charge in [-0.1, -0.05) is 6.07 Å². The van der Waals surface area contributed by atoms with Gasteiger partial charge in [0.25, 0.3) is 5.91 Å². The molecule has 2 rings (SSSR count). The normalized spacial score (nSPS) is 10.0. The molecule has 5 nitrogen and oxygen atoms in total. The lowest BCUT2D eigenvalue weighted by atomic mass is 10.1. The molecule has 0 unspecified atom stereocenters. The summed E-state index contributed by atoms with van der Waals surface area (Å²) >= 11 is 0. The van der Waals surface area contributed by atoms with Crippen molar-refractivity contribution < 1.29 is 19.4 Å². The predicted molar refractivity (Wildman–Crippen MR) is 80.3 cm³/mol. The lowest BCUT2D eigenvalue weighted by Crippen LogP contribution is -2.14. The monoisotopic (exact) mass is 287 g/mol. The maximum Gasteiger partial charge on any atom is 0.263 e. The van der Waals surface area contributed by atoms with Gasteiger partial charge in [0.2, 0.25) is 0 Å². The molecule has 2 N–H and O–H groups in total. The molecule has 0 heterocycles. The largest absolute Gasteiger partial charge is 0.508 e. The Bertz CT molecular complexity index is 645. The number of benzene rings is 2. The number of nitrogens with one attached hydrogen (secondary N) is 1. The van der Waals surface area contributed by atoms with E-state index in [0.717, 1.165) is 0 Å². The summed E-state index contributed by atoms with van der Waals surface area (Å²) in [5.41, 5.74) is 1.59. The number of carbonyl (C=O) groups is 1. The third-order valence-corrected chi connectivity index (χ3v) is 3.11. The zero-order valence-electron chi connectivity index (χ0n) is 12.1. The summed E-state index contributed by atoms with van der Waals surface area (Å²) in [6.45, 7) is 1.76. The minimum Gasteiger partial charge on any atom is -0.508 e. The summed E-state index contributed by atoms with van der Waals surface area (Å²) in [6, 6.07) is 9.99. The van der Waals surface area contributed by atoms with Crippen LogP contribution in [-0.2, 0) is 0 Å². The molecule has 110 valence electrons. The Morgan fingerprint density at radius 3 is 2.24 bits per heavy atom. The van der Waals surface area contributed by atoms with Gasteiger partial charge in [-0.2, -0.15) is 0 Å². The minimum atomic E-state index is -0.339. The second-order valence-electron chi connectivity index (χ2n) is 4.49. The van der Waals surface area contributed by atoms with E-state index in [2.05, 4.69) is 5.32 Å². The predicted octanol–water partition coefficient (Wildman–Crippen LogP) is 2.97. The first-order chi connectivity index (χ1) is 10.1. The van der Waals surface area contributed by atoms with Crippen molar-refractivity contribution in [2.75, 3.05) is 19.5 Å². The van der Waals surface area contributed by atoms with E-state index in [1.54, 1.807) is 37.3 Å². The molecule has 0 spiro atoms. The second-order valence-corrected chi connectivity index (χ2v) is 4.49. The molecule has 5 heteroatoms. The van der Waals surface area contributed by atoms with Gasteiger partial charge in [-0.05, 0) is 42.8 Å². The van der Waals surface area contributed by atoms with Crippen molar-refractivity contribution in [2.24, 2.45) is 0 Å². The average Bonchev–Trinajstić information content (AvgIpc) is 2.49. The number of hydrogen-bond acceptors (Lipinski definition) is 4. The van der Waals surface area contributed by atoms with Crippen molar-refractivity contribution in [1.82, 2.24) is 0 Å². The summed E-state index contributed by atoms with van der Waals surface area (Å²) in [4.78, 5) is 12.4. The molecule has 21 heavy (non-hydrogen) atoms. The lowest BCUT2D eigenvalue weighted by molar-refractivity contribution is 0.102. The molecule has 0 saturated carbocycles. The van der Waals surface area contributed by atoms with E-state index < -0.39 is 0 Å². The molecule has 0 fully saturated rings. The number of anilines is 1. The Balaban J connectivity index is 2.34. The molecule has 0 aliphatic heterocycles. The van der Waals surface area contributed by atoms with E-state index in [9.17, 15) is 9.90 Å². The number of ether oxygens (including phenoxy) is 2. The lowest BCUT2D eigenvalue weighted by Gasteiger charge is -2.13. The standard InChI is InChI=1S/C16H17NO4/c1-10-9-11(7-8-12(10)18)17-16(19)15-13(20-2)5-4-6-14(15)21-3/h4-9,18H,1-3H3,(H,17,19). The Hall–Kier alpha value is -2.69. The van der Waals surface area contributed by atoms with Crippen LogP contribution >= 0.6 is 0 Å². The van der Waals surface area contributed by atoms with Crippen molar-refractivity contribution >= 4 is 11.6 Å². The van der Waals surface area contributed by atoms with Gasteiger partial charge in [0, 0.05) is 5.69 Å². The number of aryl methyl sites for hydroxylation is 1. The molecule has 0 saturated heterocycles. The molecule has 0 aromatic heterocycles. The van der Waals surface area contributed by atoms with Crippen LogP contribution < -0.4 is 14.8 Å². The summed E-state index contributed by atoms with van der Waals surface area (Å²) in [5, 5.41) is 12.3. The fourth-order valence-electron chi connectivity index (χ4n) is 2.00. The van der Waals surface area contributed by atoms with E-state index in [1.807, 2.05) is 0 Å². The van der Waals surface area contributed by atoms with Gasteiger partial charge in [-0.25, -0.2) is 0 Å². The summed E-state index contributed by atoms with van der Waals surface area (Å²) in [6.07, 6.45) is 0. The van der Waals surface area contributed by atoms with E-state index in [0.29, 0.717) is 28.3 Å². The number of rotatable bonds is 4. The first kappa shape index (κ1) is 14.7. The Morgan fingerprint density at radius 2 is 1.71 bits per heavy atom. The van der Waals surface area contributed by atoms with Crippen LogP contribution in [0.15, 0.2) is 36.4 Å². The van der Waals surface area contributed by atoms with Crippen molar-refractivity contribution in [3.63, 3.8) is 0 Å². The maximum atomic E-state index is 12.4. The van der Waals surface area contributed by atoms with Crippen LogP contribution in [0.3, 0.4) is 0 Å². The summed E-state index contributed by atoms with van der Waals surface area (Å²) < 4.78 is 10.4. The molecule has 2 aromatic rings. The zero-order valence-corrected chi connectivity index (χ0v) is 12.1. The Morgan fingerprint density at radius 1 is 1.10 bits per heavy atom. The zero-order chi connectivity index (χ0) is 15.4. The average molecular weight is 287 g/mol. The highest BCUT2D eigenvalue weighted by atomic mass is 16.5. The second kappa shape index (κ2) is 6.17. The molecule has 0 aliphatic rings. The van der Waals surface area contributed by atoms with Gasteiger partial charge in [-0.3, -0.25) is 4.79 Å². The number of aromatic hydroxyl groups is 1. The van der Waals surface area contributed by atoms with Crippen LogP contribution in [0.2, 0.25) is 0 Å². The van der Waals surface area contributed by atoms with Gasteiger partial charge in [0.15, 0.2) is 0 Å². The Kier molecular flexibility index (Phi) is 4.33. The van der Waals surface area contributed by atoms with E-state index >= 15 is 0 Å². The van der Waals surface area contributed by atoms with Crippen LogP contribution in [0.1, 0.15) is 15.9 Å². The SMILES string of the molecule is COc1cccc(OC)c1C(=O)Nc1ccc(O)c(C)c1. The smallest absolute Gasteiger partial charge is 0.263 e. The quantitative estimate of drug-likeness (QED) is 0.848. The summed E-state index contributed by atoms with van der Waals surface area (Å²) in [5.74, 6) is 0.710. The topological polar surface area (TPSA) is 67.8 Å². The third-order valence-electron chi connectivity index (χ3n) is 3.11. The highest BCUT2D eigenvalue weighted by Gasteiger charge is 2.18. The third kappa shape index (κ3) is 3.08. The van der Waals surface area contributed by atoms with Crippen LogP contribution in [0.4, 0.5) is 5.69 Å². The number of amides is 1. The number of phenolic OH excluding ortho intramolecular Hbond substituents is 1.